The Hall–Kier alpha value is -0.610. The summed E-state index contributed by atoms with van der Waals surface area (Å²) in [6, 6.07) is 0. The molecular formula is C3H7NO3. The second-order valence-corrected chi connectivity index (χ2v) is 1.10. The van der Waals surface area contributed by atoms with E-state index in [1.54, 1.807) is 0 Å². The zero-order valence-corrected chi connectivity index (χ0v) is 3.66. The number of hydrogen-bond donors (Lipinski definition) is 3. The number of carbonyl (C=O) groups excluding carboxylic acids is 1. The predicted molar refractivity (Wildman–Crippen MR) is 22.3 cm³/mol. The van der Waals surface area contributed by atoms with Crippen LogP contribution in [0.2, 0.25) is 0 Å². The fourth-order valence-electron chi connectivity index (χ4n) is 0.0900. The van der Waals surface area contributed by atoms with Gasteiger partial charge >= 0.3 is 0 Å². The van der Waals surface area contributed by atoms with E-state index in [0.29, 0.717) is 0 Å². The van der Waals surface area contributed by atoms with E-state index in [1.807, 2.05) is 0 Å². The molecule has 1 atom stereocenters. The minimum atomic E-state index is -1.40. The highest BCUT2D eigenvalue weighted by molar-refractivity contribution is 5.78. The molecule has 42 valence electrons. The van der Waals surface area contributed by atoms with E-state index in [4.69, 9.17) is 10.2 Å². The molecule has 0 unspecified atom stereocenters. The van der Waals surface area contributed by atoms with Crippen LogP contribution >= 0.6 is 0 Å². The minimum Gasteiger partial charge on any atom is -0.393 e. The second-order valence-electron chi connectivity index (χ2n) is 1.10. The van der Waals surface area contributed by atoms with E-state index in [9.17, 15) is 4.79 Å². The molecule has 0 aliphatic rings. The van der Waals surface area contributed by atoms with Gasteiger partial charge in [-0.1, -0.05) is 0 Å². The molecule has 0 aromatic rings. The Balaban J connectivity index is 3.34. The van der Waals surface area contributed by atoms with E-state index in [1.165, 1.54) is 0 Å². The van der Waals surface area contributed by atoms with Gasteiger partial charge in [-0.3, -0.25) is 4.79 Å². The lowest BCUT2D eigenvalue weighted by atomic mass is 10.4. The van der Waals surface area contributed by atoms with Crippen LogP contribution in [0.1, 0.15) is 0 Å². The van der Waals surface area contributed by atoms with Crippen molar-refractivity contribution in [2.45, 2.75) is 6.10 Å². The van der Waals surface area contributed by atoms with Crippen LogP contribution in [0.5, 0.6) is 0 Å². The van der Waals surface area contributed by atoms with Gasteiger partial charge in [0.1, 0.15) is 0 Å². The van der Waals surface area contributed by atoms with Gasteiger partial charge < -0.3 is 15.9 Å². The fraction of sp³-hybridized carbons (Fsp3) is 0.667. The third-order valence-electron chi connectivity index (χ3n) is 0.501. The molecule has 0 rings (SSSR count). The van der Waals surface area contributed by atoms with Crippen LogP contribution < -0.4 is 5.73 Å². The maximum atomic E-state index is 9.74. The highest BCUT2D eigenvalue weighted by Crippen LogP contribution is 1.73. The highest BCUT2D eigenvalue weighted by Gasteiger charge is 2.06. The first-order chi connectivity index (χ1) is 3.18. The van der Waals surface area contributed by atoms with Crippen molar-refractivity contribution < 1.29 is 15.0 Å². The molecule has 0 saturated carbocycles. The van der Waals surface area contributed by atoms with Crippen molar-refractivity contribution >= 4 is 5.91 Å². The lowest BCUT2D eigenvalue weighted by Crippen LogP contribution is -2.30. The van der Waals surface area contributed by atoms with Gasteiger partial charge in [-0.05, 0) is 0 Å². The molecule has 0 aliphatic heterocycles. The second kappa shape index (κ2) is 2.54. The van der Waals surface area contributed by atoms with Crippen molar-refractivity contribution in [3.8, 4) is 0 Å². The Morgan fingerprint density at radius 3 is 2.29 bits per heavy atom. The minimum absolute atomic E-state index is 0.602. The predicted octanol–water partition coefficient (Wildman–Crippen LogP) is -2.18. The zero-order chi connectivity index (χ0) is 5.86. The van der Waals surface area contributed by atoms with E-state index >= 15 is 0 Å². The van der Waals surface area contributed by atoms with Gasteiger partial charge in [-0.25, -0.2) is 0 Å². The normalized spacial score (nSPS) is 13.4. The third kappa shape index (κ3) is 2.13. The first kappa shape index (κ1) is 6.39. The summed E-state index contributed by atoms with van der Waals surface area (Å²) in [6.07, 6.45) is -1.40. The van der Waals surface area contributed by atoms with E-state index in [2.05, 4.69) is 5.73 Å². The smallest absolute Gasteiger partial charge is 0.248 e. The Morgan fingerprint density at radius 2 is 2.29 bits per heavy atom. The maximum Gasteiger partial charge on any atom is 0.248 e. The SMILES string of the molecule is NC(=O)[C@H](O)CO. The molecule has 0 heterocycles. The molecule has 4 heteroatoms. The topological polar surface area (TPSA) is 83.6 Å². The monoisotopic (exact) mass is 105 g/mol. The van der Waals surface area contributed by atoms with Crippen molar-refractivity contribution in [2.75, 3.05) is 6.61 Å². The van der Waals surface area contributed by atoms with Crippen LogP contribution in [0.15, 0.2) is 0 Å². The summed E-state index contributed by atoms with van der Waals surface area (Å²) in [5.41, 5.74) is 4.50. The number of hydrogen-bond acceptors (Lipinski definition) is 3. The summed E-state index contributed by atoms with van der Waals surface area (Å²) in [5.74, 6) is -0.900. The quantitative estimate of drug-likeness (QED) is 0.373. The van der Waals surface area contributed by atoms with Crippen molar-refractivity contribution in [1.29, 1.82) is 0 Å². The lowest BCUT2D eigenvalue weighted by molar-refractivity contribution is -0.127. The average Bonchev–Trinajstić information content (AvgIpc) is 1.65. The van der Waals surface area contributed by atoms with Gasteiger partial charge in [-0.2, -0.15) is 0 Å². The van der Waals surface area contributed by atoms with Gasteiger partial charge in [0.2, 0.25) is 5.91 Å². The Labute approximate surface area is 40.6 Å². The van der Waals surface area contributed by atoms with E-state index in [-0.39, 0.29) is 0 Å². The Kier molecular flexibility index (Phi) is 2.32. The zero-order valence-electron chi connectivity index (χ0n) is 3.66. The van der Waals surface area contributed by atoms with Crippen LogP contribution in [-0.4, -0.2) is 28.8 Å². The summed E-state index contributed by atoms with van der Waals surface area (Å²) in [5, 5.41) is 16.2. The van der Waals surface area contributed by atoms with Gasteiger partial charge in [0.15, 0.2) is 6.10 Å². The molecule has 1 amide bonds. The largest absolute Gasteiger partial charge is 0.393 e. The van der Waals surface area contributed by atoms with Crippen molar-refractivity contribution in [3.05, 3.63) is 0 Å². The number of aliphatic hydroxyl groups excluding tert-OH is 2. The number of amides is 1. The summed E-state index contributed by atoms with van der Waals surface area (Å²) in [6.45, 7) is -0.602. The average molecular weight is 105 g/mol. The number of rotatable bonds is 2. The number of nitrogens with two attached hydrogens (primary N) is 1. The maximum absolute atomic E-state index is 9.74. The summed E-state index contributed by atoms with van der Waals surface area (Å²) in [4.78, 5) is 9.74. The Bertz CT molecular complexity index is 72.6. The molecule has 0 radical (unpaired) electrons. The van der Waals surface area contributed by atoms with Crippen LogP contribution in [0.4, 0.5) is 0 Å². The van der Waals surface area contributed by atoms with Gasteiger partial charge in [0.05, 0.1) is 6.61 Å². The van der Waals surface area contributed by atoms with E-state index in [0.717, 1.165) is 0 Å². The highest BCUT2D eigenvalue weighted by atomic mass is 16.3. The molecule has 4 nitrogen and oxygen atoms in total. The summed E-state index contributed by atoms with van der Waals surface area (Å²) < 4.78 is 0. The van der Waals surface area contributed by atoms with Crippen LogP contribution in [-0.2, 0) is 4.79 Å². The number of carbonyl (C=O) groups is 1. The van der Waals surface area contributed by atoms with Crippen molar-refractivity contribution in [3.63, 3.8) is 0 Å². The van der Waals surface area contributed by atoms with Crippen LogP contribution in [0, 0.1) is 0 Å². The van der Waals surface area contributed by atoms with Gasteiger partial charge in [0.25, 0.3) is 0 Å². The van der Waals surface area contributed by atoms with Crippen molar-refractivity contribution in [2.24, 2.45) is 5.73 Å². The first-order valence-electron chi connectivity index (χ1n) is 1.76. The van der Waals surface area contributed by atoms with Crippen LogP contribution in [0.3, 0.4) is 0 Å². The van der Waals surface area contributed by atoms with Gasteiger partial charge in [0, 0.05) is 0 Å². The number of aliphatic hydroxyl groups is 2. The molecule has 0 aromatic heterocycles. The Morgan fingerprint density at radius 1 is 1.86 bits per heavy atom. The summed E-state index contributed by atoms with van der Waals surface area (Å²) >= 11 is 0. The molecule has 0 aliphatic carbocycles. The standard InChI is InChI=1S/C3H7NO3/c4-3(7)2(6)1-5/h2,5-6H,1H2,(H2,4,7)/t2-/m1/s1. The molecular weight excluding hydrogens is 98.0 g/mol. The number of primary amides is 1. The van der Waals surface area contributed by atoms with Gasteiger partial charge in [-0.15, -0.1) is 0 Å². The fourth-order valence-corrected chi connectivity index (χ4v) is 0.0900. The molecule has 0 aromatic carbocycles. The first-order valence-corrected chi connectivity index (χ1v) is 1.76. The van der Waals surface area contributed by atoms with E-state index < -0.39 is 18.6 Å². The molecule has 4 N–H and O–H groups in total. The molecule has 0 saturated heterocycles. The van der Waals surface area contributed by atoms with Crippen molar-refractivity contribution in [1.82, 2.24) is 0 Å². The molecule has 0 fully saturated rings. The molecule has 0 spiro atoms. The molecule has 7 heavy (non-hydrogen) atoms. The lowest BCUT2D eigenvalue weighted by Gasteiger charge is -1.96. The molecule has 0 bridgehead atoms. The van der Waals surface area contributed by atoms with Crippen LogP contribution in [0.25, 0.3) is 0 Å². The third-order valence-corrected chi connectivity index (χ3v) is 0.501. The summed E-state index contributed by atoms with van der Waals surface area (Å²) in [7, 11) is 0.